The van der Waals surface area contributed by atoms with E-state index in [1.165, 1.54) is 0 Å². The van der Waals surface area contributed by atoms with Gasteiger partial charge in [-0.1, -0.05) is 0 Å². The van der Waals surface area contributed by atoms with Crippen molar-refractivity contribution in [2.45, 2.75) is 25.8 Å². The van der Waals surface area contributed by atoms with Crippen LogP contribution in [-0.2, 0) is 0 Å². The summed E-state index contributed by atoms with van der Waals surface area (Å²) in [6, 6.07) is 4.41. The molecule has 5 heteroatoms. The largest absolute Gasteiger partial charge is 0.369 e. The molecule has 0 aliphatic carbocycles. The summed E-state index contributed by atoms with van der Waals surface area (Å²) < 4.78 is 2.12. The summed E-state index contributed by atoms with van der Waals surface area (Å²) in [7, 11) is 2.16. The minimum Gasteiger partial charge on any atom is -0.369 e. The lowest BCUT2D eigenvalue weighted by atomic mass is 10.1. The topological polar surface area (TPSA) is 60.0 Å². The maximum absolute atomic E-state index is 6.07. The van der Waals surface area contributed by atoms with Crippen LogP contribution >= 0.6 is 0 Å². The summed E-state index contributed by atoms with van der Waals surface area (Å²) in [4.78, 5) is 11.4. The normalized spacial score (nSPS) is 18.6. The summed E-state index contributed by atoms with van der Waals surface area (Å²) in [5.41, 5.74) is 8.91. The van der Waals surface area contributed by atoms with Crippen LogP contribution in [0.4, 0.5) is 5.95 Å². The molecule has 0 spiro atoms. The van der Waals surface area contributed by atoms with Gasteiger partial charge in [0, 0.05) is 11.7 Å². The second kappa shape index (κ2) is 4.24. The Morgan fingerprint density at radius 1 is 1.22 bits per heavy atom. The fourth-order valence-corrected chi connectivity index (χ4v) is 2.70. The summed E-state index contributed by atoms with van der Waals surface area (Å²) in [6.45, 7) is 4.22. The number of likely N-dealkylation sites (tertiary alicyclic amines) is 1. The molecule has 3 heterocycles. The van der Waals surface area contributed by atoms with Crippen molar-refractivity contribution < 1.29 is 0 Å². The molecule has 0 bridgehead atoms. The number of rotatable bonds is 1. The summed E-state index contributed by atoms with van der Waals surface area (Å²) in [5.74, 6) is 0.595. The van der Waals surface area contributed by atoms with Gasteiger partial charge in [-0.3, -0.25) is 4.57 Å². The van der Waals surface area contributed by atoms with Crippen LogP contribution in [0.1, 0.15) is 24.6 Å². The molecule has 1 aliphatic rings. The second-order valence-electron chi connectivity index (χ2n) is 5.17. The first-order valence-electron chi connectivity index (χ1n) is 6.45. The van der Waals surface area contributed by atoms with Crippen LogP contribution in [-0.4, -0.2) is 39.6 Å². The van der Waals surface area contributed by atoms with Gasteiger partial charge >= 0.3 is 0 Å². The molecule has 0 saturated carbocycles. The van der Waals surface area contributed by atoms with Crippen LogP contribution in [0.3, 0.4) is 0 Å². The standard InChI is InChI=1S/C13H19N5/c1-9-3-4-11-12(15-9)18(13(14)16-11)10-5-7-17(2)8-6-10/h3-4,10H,5-8H2,1-2H3,(H2,14,16). The lowest BCUT2D eigenvalue weighted by molar-refractivity contribution is 0.224. The number of nitrogens with two attached hydrogens (primary N) is 1. The van der Waals surface area contributed by atoms with E-state index in [1.807, 2.05) is 19.1 Å². The third kappa shape index (κ3) is 1.84. The molecule has 0 radical (unpaired) electrons. The minimum absolute atomic E-state index is 0.431. The average Bonchev–Trinajstić information content (AvgIpc) is 2.66. The van der Waals surface area contributed by atoms with E-state index in [2.05, 4.69) is 26.5 Å². The van der Waals surface area contributed by atoms with Crippen LogP contribution in [0.15, 0.2) is 12.1 Å². The lowest BCUT2D eigenvalue weighted by Crippen LogP contribution is -2.31. The molecule has 5 nitrogen and oxygen atoms in total. The zero-order chi connectivity index (χ0) is 12.7. The van der Waals surface area contributed by atoms with Crippen LogP contribution in [0.2, 0.25) is 0 Å². The SMILES string of the molecule is Cc1ccc2nc(N)n(C3CCN(C)CC3)c2n1. The van der Waals surface area contributed by atoms with Gasteiger partial charge in [0.1, 0.15) is 5.52 Å². The number of imidazole rings is 1. The van der Waals surface area contributed by atoms with E-state index < -0.39 is 0 Å². The van der Waals surface area contributed by atoms with Gasteiger partial charge in [-0.15, -0.1) is 0 Å². The Kier molecular flexibility index (Phi) is 2.70. The fraction of sp³-hybridized carbons (Fsp3) is 0.538. The molecular formula is C13H19N5. The maximum Gasteiger partial charge on any atom is 0.202 e. The first-order valence-corrected chi connectivity index (χ1v) is 6.45. The van der Waals surface area contributed by atoms with Gasteiger partial charge in [-0.25, -0.2) is 9.97 Å². The molecule has 1 saturated heterocycles. The lowest BCUT2D eigenvalue weighted by Gasteiger charge is -2.30. The molecular weight excluding hydrogens is 226 g/mol. The van der Waals surface area contributed by atoms with Crippen molar-refractivity contribution >= 4 is 17.1 Å². The summed E-state index contributed by atoms with van der Waals surface area (Å²) in [5, 5.41) is 0. The number of nitrogen functional groups attached to an aromatic ring is 1. The third-order valence-corrected chi connectivity index (χ3v) is 3.76. The van der Waals surface area contributed by atoms with Crippen LogP contribution < -0.4 is 5.73 Å². The number of piperidine rings is 1. The van der Waals surface area contributed by atoms with Crippen molar-refractivity contribution in [3.8, 4) is 0 Å². The van der Waals surface area contributed by atoms with E-state index in [0.29, 0.717) is 12.0 Å². The van der Waals surface area contributed by atoms with Crippen molar-refractivity contribution in [1.29, 1.82) is 0 Å². The van der Waals surface area contributed by atoms with Gasteiger partial charge in [0.15, 0.2) is 5.65 Å². The number of aromatic nitrogens is 3. The van der Waals surface area contributed by atoms with Crippen molar-refractivity contribution in [2.24, 2.45) is 0 Å². The van der Waals surface area contributed by atoms with Gasteiger partial charge in [0.2, 0.25) is 5.95 Å². The summed E-state index contributed by atoms with van der Waals surface area (Å²) in [6.07, 6.45) is 2.23. The van der Waals surface area contributed by atoms with Crippen LogP contribution in [0, 0.1) is 6.92 Å². The molecule has 2 aromatic rings. The molecule has 0 unspecified atom stereocenters. The van der Waals surface area contributed by atoms with Gasteiger partial charge in [-0.05, 0) is 52.0 Å². The van der Waals surface area contributed by atoms with E-state index in [1.54, 1.807) is 0 Å². The first-order chi connectivity index (χ1) is 8.65. The Labute approximate surface area is 107 Å². The first kappa shape index (κ1) is 11.5. The molecule has 2 N–H and O–H groups in total. The quantitative estimate of drug-likeness (QED) is 0.829. The fourth-order valence-electron chi connectivity index (χ4n) is 2.70. The van der Waals surface area contributed by atoms with E-state index in [4.69, 9.17) is 5.73 Å². The predicted octanol–water partition coefficient (Wildman–Crippen LogP) is 1.59. The van der Waals surface area contributed by atoms with Crippen LogP contribution in [0.5, 0.6) is 0 Å². The number of aryl methyl sites for hydroxylation is 1. The monoisotopic (exact) mass is 245 g/mol. The highest BCUT2D eigenvalue weighted by molar-refractivity contribution is 5.74. The molecule has 0 aromatic carbocycles. The number of anilines is 1. The molecule has 2 aromatic heterocycles. The highest BCUT2D eigenvalue weighted by Crippen LogP contribution is 2.28. The van der Waals surface area contributed by atoms with Crippen molar-refractivity contribution in [3.63, 3.8) is 0 Å². The van der Waals surface area contributed by atoms with Crippen molar-refractivity contribution in [1.82, 2.24) is 19.4 Å². The van der Waals surface area contributed by atoms with Crippen molar-refractivity contribution in [2.75, 3.05) is 25.9 Å². The highest BCUT2D eigenvalue weighted by Gasteiger charge is 2.22. The maximum atomic E-state index is 6.07. The Morgan fingerprint density at radius 2 is 1.94 bits per heavy atom. The van der Waals surface area contributed by atoms with Crippen LogP contribution in [0.25, 0.3) is 11.2 Å². The molecule has 0 atom stereocenters. The molecule has 3 rings (SSSR count). The molecule has 1 fully saturated rings. The number of nitrogens with zero attached hydrogens (tertiary/aromatic N) is 4. The Hall–Kier alpha value is -1.62. The van der Waals surface area contributed by atoms with E-state index >= 15 is 0 Å². The molecule has 0 amide bonds. The molecule has 96 valence electrons. The Bertz CT molecular complexity index is 566. The summed E-state index contributed by atoms with van der Waals surface area (Å²) >= 11 is 0. The van der Waals surface area contributed by atoms with Crippen molar-refractivity contribution in [3.05, 3.63) is 17.8 Å². The third-order valence-electron chi connectivity index (χ3n) is 3.76. The number of hydrogen-bond acceptors (Lipinski definition) is 4. The zero-order valence-corrected chi connectivity index (χ0v) is 10.9. The zero-order valence-electron chi connectivity index (χ0n) is 10.9. The number of pyridine rings is 1. The number of hydrogen-bond donors (Lipinski definition) is 1. The number of fused-ring (bicyclic) bond motifs is 1. The van der Waals surface area contributed by atoms with E-state index in [0.717, 1.165) is 42.8 Å². The Balaban J connectivity index is 2.05. The molecule has 1 aliphatic heterocycles. The smallest absolute Gasteiger partial charge is 0.202 e. The van der Waals surface area contributed by atoms with Gasteiger partial charge in [0.25, 0.3) is 0 Å². The highest BCUT2D eigenvalue weighted by atomic mass is 15.2. The van der Waals surface area contributed by atoms with Gasteiger partial charge in [0.05, 0.1) is 0 Å². The Morgan fingerprint density at radius 3 is 2.67 bits per heavy atom. The van der Waals surface area contributed by atoms with E-state index in [-0.39, 0.29) is 0 Å². The predicted molar refractivity (Wildman–Crippen MR) is 72.4 cm³/mol. The minimum atomic E-state index is 0.431. The second-order valence-corrected chi connectivity index (χ2v) is 5.17. The average molecular weight is 245 g/mol. The van der Waals surface area contributed by atoms with Gasteiger partial charge < -0.3 is 10.6 Å². The van der Waals surface area contributed by atoms with Gasteiger partial charge in [-0.2, -0.15) is 0 Å². The molecule has 18 heavy (non-hydrogen) atoms. The van der Waals surface area contributed by atoms with E-state index in [9.17, 15) is 0 Å².